The molecular weight excluding hydrogens is 532 g/mol. The summed E-state index contributed by atoms with van der Waals surface area (Å²) in [4.78, 5) is 12.7. The standard InChI is InChI=1S/C27H26O13/c28-11-20-22(35)25(39-26(37)14-8-17(31)21(34)18(32)9-14)23(36)27(38-20)40-24-13(7-16(30)10-19(24)33)4-1-12-2-5-15(29)6-3-12/h1-10,20,22-23,25,27-36H,11H2. The fourth-order valence-corrected chi connectivity index (χ4v) is 3.96. The van der Waals surface area contributed by atoms with Gasteiger partial charge in [0.15, 0.2) is 41.0 Å². The molecular formula is C27H26O13. The largest absolute Gasteiger partial charge is 0.508 e. The summed E-state index contributed by atoms with van der Waals surface area (Å²) in [5, 5.41) is 90.0. The molecule has 0 bridgehead atoms. The molecule has 5 atom stereocenters. The summed E-state index contributed by atoms with van der Waals surface area (Å²) in [5.41, 5.74) is 0.327. The predicted molar refractivity (Wildman–Crippen MR) is 136 cm³/mol. The van der Waals surface area contributed by atoms with Gasteiger partial charge < -0.3 is 60.2 Å². The number of carbonyl (C=O) groups is 1. The molecule has 212 valence electrons. The molecule has 13 heteroatoms. The molecule has 4 rings (SSSR count). The molecule has 0 aromatic heterocycles. The molecule has 3 aromatic rings. The maximum Gasteiger partial charge on any atom is 0.338 e. The summed E-state index contributed by atoms with van der Waals surface area (Å²) in [5.74, 6) is -4.86. The lowest BCUT2D eigenvalue weighted by Gasteiger charge is -2.41. The van der Waals surface area contributed by atoms with Crippen molar-refractivity contribution in [3.8, 4) is 40.2 Å². The van der Waals surface area contributed by atoms with E-state index in [4.69, 9.17) is 14.2 Å². The maximum absolute atomic E-state index is 12.7. The first-order chi connectivity index (χ1) is 19.0. The lowest BCUT2D eigenvalue weighted by atomic mass is 9.98. The Hall–Kier alpha value is -4.69. The molecule has 13 nitrogen and oxygen atoms in total. The maximum atomic E-state index is 12.7. The molecule has 0 aliphatic carbocycles. The average molecular weight is 558 g/mol. The molecule has 1 fully saturated rings. The van der Waals surface area contributed by atoms with Crippen LogP contribution in [0.25, 0.3) is 12.2 Å². The first-order valence-corrected chi connectivity index (χ1v) is 11.8. The van der Waals surface area contributed by atoms with Gasteiger partial charge in [0, 0.05) is 11.6 Å². The molecule has 1 heterocycles. The number of esters is 1. The minimum atomic E-state index is -1.90. The van der Waals surface area contributed by atoms with Crippen molar-refractivity contribution in [2.24, 2.45) is 0 Å². The van der Waals surface area contributed by atoms with Crippen LogP contribution in [0.4, 0.5) is 0 Å². The number of ether oxygens (including phenoxy) is 3. The van der Waals surface area contributed by atoms with Crippen LogP contribution in [0.1, 0.15) is 21.5 Å². The van der Waals surface area contributed by atoms with E-state index in [0.717, 1.165) is 18.2 Å². The summed E-state index contributed by atoms with van der Waals surface area (Å²) >= 11 is 0. The second-order valence-electron chi connectivity index (χ2n) is 8.87. The highest BCUT2D eigenvalue weighted by Gasteiger charge is 2.48. The molecule has 40 heavy (non-hydrogen) atoms. The van der Waals surface area contributed by atoms with Crippen molar-refractivity contribution in [2.75, 3.05) is 6.61 Å². The third-order valence-corrected chi connectivity index (χ3v) is 6.04. The van der Waals surface area contributed by atoms with Gasteiger partial charge in [-0.3, -0.25) is 0 Å². The van der Waals surface area contributed by atoms with Crippen LogP contribution in [0, 0.1) is 0 Å². The molecule has 5 unspecified atom stereocenters. The van der Waals surface area contributed by atoms with Crippen LogP contribution in [-0.4, -0.2) is 89.2 Å². The van der Waals surface area contributed by atoms with Crippen molar-refractivity contribution in [2.45, 2.75) is 30.7 Å². The first-order valence-electron chi connectivity index (χ1n) is 11.8. The summed E-state index contributed by atoms with van der Waals surface area (Å²) in [6, 6.07) is 9.87. The van der Waals surface area contributed by atoms with Gasteiger partial charge in [-0.05, 0) is 35.9 Å². The predicted octanol–water partition coefficient (Wildman–Crippen LogP) is 1.13. The minimum absolute atomic E-state index is 0.0505. The van der Waals surface area contributed by atoms with Gasteiger partial charge in [-0.2, -0.15) is 0 Å². The molecule has 1 aliphatic rings. The average Bonchev–Trinajstić information content (AvgIpc) is 2.91. The van der Waals surface area contributed by atoms with Crippen LogP contribution in [0.15, 0.2) is 48.5 Å². The quantitative estimate of drug-likeness (QED) is 0.113. The van der Waals surface area contributed by atoms with E-state index in [9.17, 15) is 50.8 Å². The summed E-state index contributed by atoms with van der Waals surface area (Å²) < 4.78 is 16.3. The summed E-state index contributed by atoms with van der Waals surface area (Å²) in [7, 11) is 0. The fraction of sp³-hybridized carbons (Fsp3) is 0.222. The lowest BCUT2D eigenvalue weighted by molar-refractivity contribution is -0.277. The Bertz CT molecular complexity index is 1380. The molecule has 0 spiro atoms. The third kappa shape index (κ3) is 5.97. The third-order valence-electron chi connectivity index (χ3n) is 6.04. The Morgan fingerprint density at radius 1 is 0.825 bits per heavy atom. The Morgan fingerprint density at radius 3 is 2.10 bits per heavy atom. The SMILES string of the molecule is O=C(OC1C(O)C(CO)OC(Oc2c(O)cc(O)cc2C=Cc2ccc(O)cc2)C1O)c1cc(O)c(O)c(O)c1. The van der Waals surface area contributed by atoms with E-state index in [2.05, 4.69) is 0 Å². The number of hydrogen-bond donors (Lipinski definition) is 9. The molecule has 0 amide bonds. The van der Waals surface area contributed by atoms with E-state index in [1.807, 2.05) is 0 Å². The van der Waals surface area contributed by atoms with Crippen molar-refractivity contribution in [3.63, 3.8) is 0 Å². The number of hydrogen-bond acceptors (Lipinski definition) is 13. The smallest absolute Gasteiger partial charge is 0.338 e. The zero-order valence-corrected chi connectivity index (χ0v) is 20.5. The molecule has 0 radical (unpaired) electrons. The van der Waals surface area contributed by atoms with E-state index in [1.165, 1.54) is 24.3 Å². The van der Waals surface area contributed by atoms with Crippen LogP contribution < -0.4 is 4.74 Å². The normalized spacial score (nSPS) is 22.7. The van der Waals surface area contributed by atoms with Gasteiger partial charge in [-0.25, -0.2) is 4.79 Å². The highest BCUT2D eigenvalue weighted by atomic mass is 16.7. The summed E-state index contributed by atoms with van der Waals surface area (Å²) in [6.07, 6.45) is -5.55. The first kappa shape index (κ1) is 28.3. The highest BCUT2D eigenvalue weighted by molar-refractivity contribution is 5.91. The summed E-state index contributed by atoms with van der Waals surface area (Å²) in [6.45, 7) is -0.794. The number of phenols is 6. The fourth-order valence-electron chi connectivity index (χ4n) is 3.96. The van der Waals surface area contributed by atoms with Crippen LogP contribution in [0.5, 0.6) is 40.2 Å². The van der Waals surface area contributed by atoms with E-state index in [-0.39, 0.29) is 22.8 Å². The van der Waals surface area contributed by atoms with Gasteiger partial charge in [0.2, 0.25) is 6.29 Å². The number of rotatable bonds is 7. The number of phenolic OH excluding ortho intramolecular Hbond substituents is 6. The van der Waals surface area contributed by atoms with Crippen LogP contribution >= 0.6 is 0 Å². The molecule has 0 saturated carbocycles. The number of aliphatic hydroxyl groups is 3. The van der Waals surface area contributed by atoms with Crippen molar-refractivity contribution in [3.05, 3.63) is 65.2 Å². The second kappa shape index (κ2) is 11.6. The van der Waals surface area contributed by atoms with E-state index in [1.54, 1.807) is 18.2 Å². The van der Waals surface area contributed by atoms with Gasteiger partial charge >= 0.3 is 5.97 Å². The Kier molecular flexibility index (Phi) is 8.21. The zero-order valence-electron chi connectivity index (χ0n) is 20.5. The Labute approximate surface area is 226 Å². The molecule has 1 aliphatic heterocycles. The zero-order chi connectivity index (χ0) is 29.1. The van der Waals surface area contributed by atoms with E-state index < -0.39 is 71.8 Å². The minimum Gasteiger partial charge on any atom is -0.508 e. The number of aromatic hydroxyl groups is 6. The van der Waals surface area contributed by atoms with Crippen molar-refractivity contribution in [1.29, 1.82) is 0 Å². The van der Waals surface area contributed by atoms with Gasteiger partial charge in [-0.1, -0.05) is 24.3 Å². The number of benzene rings is 3. The van der Waals surface area contributed by atoms with E-state index in [0.29, 0.717) is 5.56 Å². The molecule has 9 N–H and O–H groups in total. The van der Waals surface area contributed by atoms with Gasteiger partial charge in [0.25, 0.3) is 0 Å². The Morgan fingerprint density at radius 2 is 1.48 bits per heavy atom. The number of carbonyl (C=O) groups excluding carboxylic acids is 1. The van der Waals surface area contributed by atoms with Crippen LogP contribution in [-0.2, 0) is 9.47 Å². The van der Waals surface area contributed by atoms with Crippen LogP contribution in [0.2, 0.25) is 0 Å². The van der Waals surface area contributed by atoms with Crippen molar-refractivity contribution in [1.82, 2.24) is 0 Å². The van der Waals surface area contributed by atoms with Gasteiger partial charge in [-0.15, -0.1) is 0 Å². The van der Waals surface area contributed by atoms with Crippen molar-refractivity contribution < 1.29 is 65.0 Å². The number of aliphatic hydroxyl groups excluding tert-OH is 3. The molecule has 3 aromatic carbocycles. The van der Waals surface area contributed by atoms with Crippen molar-refractivity contribution >= 4 is 18.1 Å². The van der Waals surface area contributed by atoms with Gasteiger partial charge in [0.05, 0.1) is 12.2 Å². The topological polar surface area (TPSA) is 227 Å². The van der Waals surface area contributed by atoms with Gasteiger partial charge in [0.1, 0.15) is 23.7 Å². The second-order valence-corrected chi connectivity index (χ2v) is 8.87. The highest BCUT2D eigenvalue weighted by Crippen LogP contribution is 2.39. The molecule has 1 saturated heterocycles. The van der Waals surface area contributed by atoms with Crippen LogP contribution in [0.3, 0.4) is 0 Å². The Balaban J connectivity index is 1.61. The van der Waals surface area contributed by atoms with E-state index >= 15 is 0 Å². The monoisotopic (exact) mass is 558 g/mol. The lowest BCUT2D eigenvalue weighted by Crippen LogP contribution is -2.61.